The van der Waals surface area contributed by atoms with Crippen molar-refractivity contribution < 1.29 is 92.2 Å². The second-order valence-electron chi connectivity index (χ2n) is 23.7. The standard InChI is InChI=1S/C65H130N2O17P2/c1-5-9-13-17-21-25-29-33-37-41-45-49-62(69)75-55-60(81-64(71)51-47-43-39-35-31-27-23-19-15-11-7-3)57-79-85(73,83-66)77-53-59(68)54-78-86(74,84-67)80-58-61(82-65(72)52-48-44-40-36-32-28-24-20-16-12-8-4)56-76-63(70)50-46-42-38-34-30-26-22-18-14-10-6-2/h59-61,68H,5-58H2,1-4,66-67H3/q+4/t59?,60-,61-,85?,86?/m1/s1. The minimum atomic E-state index is -4.55. The Morgan fingerprint density at radius 1 is 0.349 bits per heavy atom. The molecule has 0 aromatic rings. The molecule has 0 amide bonds. The van der Waals surface area contributed by atoms with Crippen molar-refractivity contribution in [3.8, 4) is 0 Å². The first-order chi connectivity index (χ1) is 41.8. The highest BCUT2D eigenvalue weighted by Gasteiger charge is 2.42. The lowest BCUT2D eigenvalue weighted by atomic mass is 10.1. The first-order valence-corrected chi connectivity index (χ1v) is 37.7. The lowest BCUT2D eigenvalue weighted by molar-refractivity contribution is -0.656. The van der Waals surface area contributed by atoms with Crippen LogP contribution in [0.15, 0.2) is 0 Å². The van der Waals surface area contributed by atoms with Crippen molar-refractivity contribution in [2.24, 2.45) is 0 Å². The van der Waals surface area contributed by atoms with Crippen LogP contribution < -0.4 is 21.6 Å². The molecular formula is C65H130N2O17P2+4. The van der Waals surface area contributed by atoms with Crippen molar-refractivity contribution >= 4 is 40.2 Å². The Morgan fingerprint density at radius 3 is 0.791 bits per heavy atom. The second kappa shape index (κ2) is 62.1. The van der Waals surface area contributed by atoms with Crippen molar-refractivity contribution in [1.82, 2.24) is 0 Å². The molecule has 0 aliphatic rings. The van der Waals surface area contributed by atoms with Crippen LogP contribution in [0, 0.1) is 0 Å². The topological polar surface area (TPSA) is 288 Å². The molecule has 0 aromatic carbocycles. The second-order valence-corrected chi connectivity index (χ2v) is 27.1. The minimum absolute atomic E-state index is 0.134. The van der Waals surface area contributed by atoms with E-state index in [9.17, 15) is 34.1 Å². The van der Waals surface area contributed by atoms with Gasteiger partial charge in [0.1, 0.15) is 45.4 Å². The van der Waals surface area contributed by atoms with Gasteiger partial charge >= 0.3 is 40.2 Å². The molecule has 0 bridgehead atoms. The average Bonchev–Trinajstić information content (AvgIpc) is 3.63. The maximum Gasteiger partial charge on any atom is 0.574 e. The maximum atomic E-state index is 13.6. The molecule has 0 spiro atoms. The largest absolute Gasteiger partial charge is 0.601 e. The van der Waals surface area contributed by atoms with E-state index in [2.05, 4.69) is 39.5 Å². The molecule has 0 fully saturated rings. The molecule has 19 nitrogen and oxygen atoms in total. The molecule has 2 radical (unpaired) electrons. The number of unbranched alkanes of at least 4 members (excludes halogenated alkanes) is 40. The number of aliphatic hydroxyl groups excluding tert-OH is 1. The quantitative estimate of drug-likeness (QED) is 0.0127. The van der Waals surface area contributed by atoms with Crippen LogP contribution >= 0.6 is 16.3 Å². The number of hydrogen-bond acceptors (Lipinski definition) is 17. The molecule has 2 unspecified atom stereocenters. The molecule has 86 heavy (non-hydrogen) atoms. The normalized spacial score (nSPS) is 14.1. The zero-order valence-corrected chi connectivity index (χ0v) is 57.0. The highest BCUT2D eigenvalue weighted by Crippen LogP contribution is 2.53. The van der Waals surface area contributed by atoms with Crippen LogP contribution in [-0.2, 0) is 65.5 Å². The highest BCUT2D eigenvalue weighted by atomic mass is 31.2. The molecule has 0 saturated heterocycles. The van der Waals surface area contributed by atoms with Gasteiger partial charge in [-0.2, -0.15) is 29.9 Å². The number of hydrogen-bond donors (Lipinski definition) is 3. The van der Waals surface area contributed by atoms with Crippen molar-refractivity contribution in [2.45, 2.75) is 354 Å². The summed E-state index contributed by atoms with van der Waals surface area (Å²) in [5, 5.41) is 10.8. The molecule has 508 valence electrons. The Morgan fingerprint density at radius 2 is 0.558 bits per heavy atom. The molecule has 0 aliphatic heterocycles. The van der Waals surface area contributed by atoms with Crippen LogP contribution in [0.25, 0.3) is 0 Å². The molecule has 21 heteroatoms. The SMILES string of the molecule is CCCCCCCCCCCCCC(=O)O[C@H](COC(=[O+])CCCCCCCCCCCCC)CO[P+]([O-])(O[NH3+])OCC(O)CO[P+]([O-])(O[NH3+])OC[C@@H](COC(=[O+])CCCCCCCCCCCCC)OC(=O)CCCCCCCCCCCCC. The summed E-state index contributed by atoms with van der Waals surface area (Å²) in [5.41, 5.74) is 0. The van der Waals surface area contributed by atoms with Gasteiger partial charge in [0, 0.05) is 22.4 Å². The van der Waals surface area contributed by atoms with Crippen LogP contribution in [0.4, 0.5) is 0 Å². The fraction of sp³-hybridized carbons (Fsp3) is 0.938. The summed E-state index contributed by atoms with van der Waals surface area (Å²) >= 11 is 0. The molecule has 4 atom stereocenters. The van der Waals surface area contributed by atoms with Gasteiger partial charge < -0.3 is 33.8 Å². The lowest BCUT2D eigenvalue weighted by Gasteiger charge is -2.24. The van der Waals surface area contributed by atoms with Gasteiger partial charge in [-0.1, -0.05) is 285 Å². The minimum Gasteiger partial charge on any atom is -0.601 e. The number of phosphoric ester groups is 2. The molecule has 0 aliphatic carbocycles. The fourth-order valence-corrected chi connectivity index (χ4v) is 11.8. The number of esters is 4. The number of aliphatic hydroxyl groups is 1. The number of ether oxygens (including phenoxy) is 4. The van der Waals surface area contributed by atoms with E-state index < -0.39 is 85.0 Å². The van der Waals surface area contributed by atoms with E-state index in [0.29, 0.717) is 25.7 Å². The lowest BCUT2D eigenvalue weighted by Crippen LogP contribution is -2.52. The van der Waals surface area contributed by atoms with Crippen LogP contribution in [-0.4, -0.2) is 86.9 Å². The first-order valence-electron chi connectivity index (χ1n) is 34.8. The number of rotatable bonds is 68. The molecule has 0 heterocycles. The summed E-state index contributed by atoms with van der Waals surface area (Å²) in [6.07, 6.45) is 46.3. The maximum absolute atomic E-state index is 13.6. The third-order valence-electron chi connectivity index (χ3n) is 15.4. The van der Waals surface area contributed by atoms with Gasteiger partial charge in [0.05, 0.1) is 0 Å². The van der Waals surface area contributed by atoms with E-state index in [1.807, 2.05) is 0 Å². The summed E-state index contributed by atoms with van der Waals surface area (Å²) in [6, 6.07) is 0. The fourth-order valence-electron chi connectivity index (χ4n) is 9.95. The Kier molecular flexibility index (Phi) is 60.9. The van der Waals surface area contributed by atoms with Gasteiger partial charge in [-0.3, -0.25) is 9.59 Å². The smallest absolute Gasteiger partial charge is 0.574 e. The van der Waals surface area contributed by atoms with Gasteiger partial charge in [0.25, 0.3) is 0 Å². The summed E-state index contributed by atoms with van der Waals surface area (Å²) in [4.78, 5) is 78.8. The molecule has 0 aromatic heterocycles. The predicted octanol–water partition coefficient (Wildman–Crippen LogP) is 14.6. The number of carbonyl (C=O) groups is 4. The third kappa shape index (κ3) is 56.3. The highest BCUT2D eigenvalue weighted by molar-refractivity contribution is 7.54. The van der Waals surface area contributed by atoms with Gasteiger partial charge in [0.15, 0.2) is 12.2 Å². The van der Waals surface area contributed by atoms with Crippen LogP contribution in [0.3, 0.4) is 0 Å². The van der Waals surface area contributed by atoms with Crippen molar-refractivity contribution in [3.05, 3.63) is 0 Å². The van der Waals surface area contributed by atoms with Gasteiger partial charge in [0.2, 0.25) is 13.2 Å². The zero-order chi connectivity index (χ0) is 63.3. The Bertz CT molecular complexity index is 1440. The third-order valence-corrected chi connectivity index (χ3v) is 17.9. The zero-order valence-electron chi connectivity index (χ0n) is 55.2. The summed E-state index contributed by atoms with van der Waals surface area (Å²) in [6.45, 7) is 5.50. The van der Waals surface area contributed by atoms with Crippen LogP contribution in [0.2, 0.25) is 0 Å². The number of quaternary nitrogens is 2. The molecule has 7 N–H and O–H groups in total. The van der Waals surface area contributed by atoms with E-state index in [1.54, 1.807) is 0 Å². The Balaban J connectivity index is 5.41. The van der Waals surface area contributed by atoms with E-state index in [1.165, 1.54) is 180 Å². The average molecular weight is 1270 g/mol. The van der Waals surface area contributed by atoms with Crippen molar-refractivity contribution in [1.29, 1.82) is 0 Å². The summed E-state index contributed by atoms with van der Waals surface area (Å²) < 4.78 is 53.5. The Hall–Kier alpha value is -1.70. The van der Waals surface area contributed by atoms with E-state index in [0.717, 1.165) is 77.0 Å². The van der Waals surface area contributed by atoms with E-state index in [-0.39, 0.29) is 38.9 Å². The molecule has 0 saturated carbocycles. The van der Waals surface area contributed by atoms with Crippen LogP contribution in [0.5, 0.6) is 0 Å². The molecule has 0 rings (SSSR count). The summed E-state index contributed by atoms with van der Waals surface area (Å²) in [7, 11) is -9.10. The van der Waals surface area contributed by atoms with E-state index >= 15 is 0 Å². The van der Waals surface area contributed by atoms with Gasteiger partial charge in [-0.15, -0.1) is 0 Å². The van der Waals surface area contributed by atoms with Gasteiger partial charge in [-0.05, 0) is 34.9 Å². The molecular weight excluding hydrogens is 1140 g/mol. The monoisotopic (exact) mass is 1270 g/mol. The Labute approximate surface area is 524 Å². The number of phosphoric acid groups is 2. The number of carbonyl (C=O) groups excluding carboxylic acids is 4. The van der Waals surface area contributed by atoms with Crippen molar-refractivity contribution in [2.75, 3.05) is 39.6 Å². The van der Waals surface area contributed by atoms with Crippen LogP contribution in [0.1, 0.15) is 336 Å². The van der Waals surface area contributed by atoms with E-state index in [4.69, 9.17) is 46.3 Å². The summed E-state index contributed by atoms with van der Waals surface area (Å²) in [5.74, 6) is 4.43. The van der Waals surface area contributed by atoms with Gasteiger partial charge in [-0.25, -0.2) is 0 Å². The predicted molar refractivity (Wildman–Crippen MR) is 338 cm³/mol. The van der Waals surface area contributed by atoms with Crippen molar-refractivity contribution in [3.63, 3.8) is 0 Å². The first kappa shape index (κ1) is 84.3.